The van der Waals surface area contributed by atoms with E-state index >= 15 is 0 Å². The van der Waals surface area contributed by atoms with Crippen molar-refractivity contribution < 1.29 is 24.6 Å². The SMILES string of the molecule is Nc1cc(Cl)cc(C(=O)NC(CCC(=O)O)C(=O)O)c1. The second-order valence-electron chi connectivity index (χ2n) is 4.07. The van der Waals surface area contributed by atoms with Crippen molar-refractivity contribution in [2.24, 2.45) is 0 Å². The molecule has 1 aromatic carbocycles. The maximum absolute atomic E-state index is 11.9. The number of amides is 1. The van der Waals surface area contributed by atoms with Crippen LogP contribution in [0.3, 0.4) is 0 Å². The molecule has 5 N–H and O–H groups in total. The molecule has 20 heavy (non-hydrogen) atoms. The van der Waals surface area contributed by atoms with Crippen molar-refractivity contribution in [3.63, 3.8) is 0 Å². The summed E-state index contributed by atoms with van der Waals surface area (Å²) in [4.78, 5) is 33.3. The molecular weight excluding hydrogens is 288 g/mol. The van der Waals surface area contributed by atoms with Gasteiger partial charge in [-0.2, -0.15) is 0 Å². The van der Waals surface area contributed by atoms with E-state index in [0.717, 1.165) is 0 Å². The Morgan fingerprint density at radius 2 is 1.90 bits per heavy atom. The van der Waals surface area contributed by atoms with Gasteiger partial charge in [-0.1, -0.05) is 11.6 Å². The zero-order valence-corrected chi connectivity index (χ0v) is 11.1. The number of carboxylic acid groups (broad SMARTS) is 2. The first-order valence-electron chi connectivity index (χ1n) is 5.61. The summed E-state index contributed by atoms with van der Waals surface area (Å²) in [5.41, 5.74) is 5.90. The monoisotopic (exact) mass is 300 g/mol. The van der Waals surface area contributed by atoms with Gasteiger partial charge in [0.25, 0.3) is 5.91 Å². The third-order valence-corrected chi connectivity index (χ3v) is 2.65. The van der Waals surface area contributed by atoms with Gasteiger partial charge in [-0.25, -0.2) is 4.79 Å². The third kappa shape index (κ3) is 4.77. The minimum atomic E-state index is -1.31. The lowest BCUT2D eigenvalue weighted by atomic mass is 10.1. The van der Waals surface area contributed by atoms with Crippen molar-refractivity contribution in [1.82, 2.24) is 5.32 Å². The van der Waals surface area contributed by atoms with Crippen LogP contribution in [0.2, 0.25) is 5.02 Å². The topological polar surface area (TPSA) is 130 Å². The van der Waals surface area contributed by atoms with Crippen LogP contribution in [0.4, 0.5) is 5.69 Å². The van der Waals surface area contributed by atoms with Gasteiger partial charge < -0.3 is 21.3 Å². The summed E-state index contributed by atoms with van der Waals surface area (Å²) >= 11 is 5.74. The molecule has 1 amide bonds. The maximum atomic E-state index is 11.9. The highest BCUT2D eigenvalue weighted by Gasteiger charge is 2.21. The number of nitrogens with two attached hydrogens (primary N) is 1. The van der Waals surface area contributed by atoms with E-state index in [9.17, 15) is 14.4 Å². The predicted octanol–water partition coefficient (Wildman–Crippen LogP) is 0.970. The molecule has 0 saturated heterocycles. The van der Waals surface area contributed by atoms with E-state index in [-0.39, 0.29) is 29.1 Å². The molecule has 8 heteroatoms. The maximum Gasteiger partial charge on any atom is 0.326 e. The fourth-order valence-corrected chi connectivity index (χ4v) is 1.75. The molecule has 1 rings (SSSR count). The first-order chi connectivity index (χ1) is 9.29. The standard InChI is InChI=1S/C12H13ClN2O5/c13-7-3-6(4-8(14)5-7)11(18)15-9(12(19)20)1-2-10(16)17/h3-5,9H,1-2,14H2,(H,15,18)(H,16,17)(H,19,20). The molecule has 0 heterocycles. The summed E-state index contributed by atoms with van der Waals surface area (Å²) in [6.45, 7) is 0. The lowest BCUT2D eigenvalue weighted by Crippen LogP contribution is -2.41. The summed E-state index contributed by atoms with van der Waals surface area (Å²) in [7, 11) is 0. The Bertz CT molecular complexity index is 526. The molecule has 108 valence electrons. The fraction of sp³-hybridized carbons (Fsp3) is 0.250. The van der Waals surface area contributed by atoms with Crippen LogP contribution in [0.1, 0.15) is 23.2 Å². The van der Waals surface area contributed by atoms with Gasteiger partial charge in [0.15, 0.2) is 0 Å². The Labute approximate surface area is 119 Å². The Morgan fingerprint density at radius 1 is 1.25 bits per heavy atom. The second kappa shape index (κ2) is 6.76. The van der Waals surface area contributed by atoms with Crippen molar-refractivity contribution >= 4 is 35.1 Å². The predicted molar refractivity (Wildman–Crippen MR) is 71.6 cm³/mol. The van der Waals surface area contributed by atoms with Crippen LogP contribution < -0.4 is 11.1 Å². The zero-order chi connectivity index (χ0) is 15.3. The summed E-state index contributed by atoms with van der Waals surface area (Å²) in [6, 6.07) is 2.83. The molecule has 0 radical (unpaired) electrons. The van der Waals surface area contributed by atoms with Gasteiger partial charge in [-0.3, -0.25) is 9.59 Å². The molecule has 1 unspecified atom stereocenters. The van der Waals surface area contributed by atoms with E-state index in [1.807, 2.05) is 0 Å². The first kappa shape index (κ1) is 15.8. The number of benzene rings is 1. The molecule has 1 atom stereocenters. The van der Waals surface area contributed by atoms with Gasteiger partial charge in [-0.05, 0) is 24.6 Å². The number of carbonyl (C=O) groups is 3. The van der Waals surface area contributed by atoms with Crippen molar-refractivity contribution in [1.29, 1.82) is 0 Å². The number of carboxylic acids is 2. The molecule has 1 aromatic rings. The fourth-order valence-electron chi connectivity index (χ4n) is 1.51. The third-order valence-electron chi connectivity index (χ3n) is 2.43. The van der Waals surface area contributed by atoms with Crippen molar-refractivity contribution in [2.75, 3.05) is 5.73 Å². The number of carbonyl (C=O) groups excluding carboxylic acids is 1. The number of hydrogen-bond acceptors (Lipinski definition) is 4. The summed E-state index contributed by atoms with van der Waals surface area (Å²) < 4.78 is 0. The molecular formula is C12H13ClN2O5. The summed E-state index contributed by atoms with van der Waals surface area (Å²) in [5.74, 6) is -3.14. The van der Waals surface area contributed by atoms with E-state index in [4.69, 9.17) is 27.5 Å². The van der Waals surface area contributed by atoms with Gasteiger partial charge >= 0.3 is 11.9 Å². The largest absolute Gasteiger partial charge is 0.481 e. The molecule has 0 fully saturated rings. The number of halogens is 1. The Kier molecular flexibility index (Phi) is 5.33. The van der Waals surface area contributed by atoms with Crippen molar-refractivity contribution in [3.05, 3.63) is 28.8 Å². The zero-order valence-electron chi connectivity index (χ0n) is 10.3. The number of rotatable bonds is 6. The normalized spacial score (nSPS) is 11.7. The highest BCUT2D eigenvalue weighted by atomic mass is 35.5. The number of nitrogens with one attached hydrogen (secondary N) is 1. The number of aliphatic carboxylic acids is 2. The molecule has 0 aliphatic carbocycles. The van der Waals surface area contributed by atoms with Gasteiger partial charge in [-0.15, -0.1) is 0 Å². The average Bonchev–Trinajstić information content (AvgIpc) is 2.32. The van der Waals surface area contributed by atoms with Gasteiger partial charge in [0, 0.05) is 22.7 Å². The van der Waals surface area contributed by atoms with Crippen molar-refractivity contribution in [3.8, 4) is 0 Å². The van der Waals surface area contributed by atoms with E-state index in [2.05, 4.69) is 5.32 Å². The summed E-state index contributed by atoms with van der Waals surface area (Å²) in [5, 5.41) is 19.9. The van der Waals surface area contributed by atoms with Crippen LogP contribution in [-0.2, 0) is 9.59 Å². The van der Waals surface area contributed by atoms with Crippen LogP contribution in [0.5, 0.6) is 0 Å². The molecule has 0 bridgehead atoms. The van der Waals surface area contributed by atoms with E-state index in [1.165, 1.54) is 18.2 Å². The van der Waals surface area contributed by atoms with Gasteiger partial charge in [0.05, 0.1) is 0 Å². The lowest BCUT2D eigenvalue weighted by molar-refractivity contribution is -0.140. The molecule has 0 aliphatic heterocycles. The smallest absolute Gasteiger partial charge is 0.326 e. The number of anilines is 1. The molecule has 0 aromatic heterocycles. The Morgan fingerprint density at radius 3 is 2.40 bits per heavy atom. The van der Waals surface area contributed by atoms with E-state index in [0.29, 0.717) is 0 Å². The minimum Gasteiger partial charge on any atom is -0.481 e. The Hall–Kier alpha value is -2.28. The lowest BCUT2D eigenvalue weighted by Gasteiger charge is -2.13. The Balaban J connectivity index is 2.79. The average molecular weight is 301 g/mol. The van der Waals surface area contributed by atoms with Crippen molar-refractivity contribution in [2.45, 2.75) is 18.9 Å². The van der Waals surface area contributed by atoms with Gasteiger partial charge in [0.2, 0.25) is 0 Å². The minimum absolute atomic E-state index is 0.108. The van der Waals surface area contributed by atoms with Crippen LogP contribution in [0.25, 0.3) is 0 Å². The van der Waals surface area contributed by atoms with Crippen LogP contribution in [0, 0.1) is 0 Å². The first-order valence-corrected chi connectivity index (χ1v) is 5.99. The van der Waals surface area contributed by atoms with Gasteiger partial charge in [0.1, 0.15) is 6.04 Å². The van der Waals surface area contributed by atoms with E-state index in [1.54, 1.807) is 0 Å². The molecule has 0 spiro atoms. The van der Waals surface area contributed by atoms with Crippen LogP contribution in [-0.4, -0.2) is 34.1 Å². The van der Waals surface area contributed by atoms with E-state index < -0.39 is 23.9 Å². The highest BCUT2D eigenvalue weighted by molar-refractivity contribution is 6.31. The molecule has 7 nitrogen and oxygen atoms in total. The number of hydrogen-bond donors (Lipinski definition) is 4. The summed E-state index contributed by atoms with van der Waals surface area (Å²) in [6.07, 6.45) is -0.582. The molecule has 0 aliphatic rings. The number of nitrogen functional groups attached to an aromatic ring is 1. The highest BCUT2D eigenvalue weighted by Crippen LogP contribution is 2.16. The molecule has 0 saturated carbocycles. The van der Waals surface area contributed by atoms with Crippen LogP contribution >= 0.6 is 11.6 Å². The van der Waals surface area contributed by atoms with Crippen LogP contribution in [0.15, 0.2) is 18.2 Å². The second-order valence-corrected chi connectivity index (χ2v) is 4.51. The quantitative estimate of drug-likeness (QED) is 0.579.